The van der Waals surface area contributed by atoms with Crippen molar-refractivity contribution in [1.29, 1.82) is 0 Å². The molecule has 0 bridgehead atoms. The first-order valence-electron chi connectivity index (χ1n) is 14.6. The second-order valence-corrected chi connectivity index (χ2v) is 11.2. The van der Waals surface area contributed by atoms with E-state index in [0.717, 1.165) is 16.7 Å². The van der Waals surface area contributed by atoms with Gasteiger partial charge in [-0.1, -0.05) is 54.6 Å². The number of benzene rings is 3. The maximum Gasteiger partial charge on any atom is 0.330 e. The van der Waals surface area contributed by atoms with E-state index in [-0.39, 0.29) is 25.2 Å². The first kappa shape index (κ1) is 30.8. The maximum atomic E-state index is 13.0. The van der Waals surface area contributed by atoms with E-state index < -0.39 is 40.6 Å². The van der Waals surface area contributed by atoms with Gasteiger partial charge in [-0.2, -0.15) is 0 Å². The van der Waals surface area contributed by atoms with Crippen LogP contribution in [0.5, 0.6) is 11.5 Å². The zero-order chi connectivity index (χ0) is 31.8. The number of aromatic nitrogens is 2. The second-order valence-electron chi connectivity index (χ2n) is 11.2. The Morgan fingerprint density at radius 2 is 1.49 bits per heavy atom. The summed E-state index contributed by atoms with van der Waals surface area (Å²) < 4.78 is 37.4. The van der Waals surface area contributed by atoms with Gasteiger partial charge in [0.05, 0.1) is 27.4 Å². The molecule has 236 valence electrons. The number of rotatable bonds is 10. The van der Waals surface area contributed by atoms with Gasteiger partial charge in [-0.25, -0.2) is 4.79 Å². The molecule has 0 amide bonds. The highest BCUT2D eigenvalue weighted by Crippen LogP contribution is 2.54. The Labute approximate surface area is 259 Å². The predicted octanol–water partition coefficient (Wildman–Crippen LogP) is 3.26. The summed E-state index contributed by atoms with van der Waals surface area (Å²) in [5.74, 6) is -0.381. The van der Waals surface area contributed by atoms with Gasteiger partial charge in [-0.05, 0) is 47.9 Å². The molecule has 0 radical (unpaired) electrons. The van der Waals surface area contributed by atoms with Crippen LogP contribution >= 0.6 is 0 Å². The molecule has 3 heterocycles. The molecule has 0 aliphatic carbocycles. The first-order chi connectivity index (χ1) is 21.7. The zero-order valence-corrected chi connectivity index (χ0v) is 25.5. The van der Waals surface area contributed by atoms with Crippen LogP contribution in [0, 0.1) is 6.92 Å². The van der Waals surface area contributed by atoms with Crippen molar-refractivity contribution in [2.24, 2.45) is 0 Å². The van der Waals surface area contributed by atoms with Gasteiger partial charge in [0.25, 0.3) is 5.56 Å². The van der Waals surface area contributed by atoms with Crippen molar-refractivity contribution in [2.75, 3.05) is 34.5 Å². The molecule has 45 heavy (non-hydrogen) atoms. The Morgan fingerprint density at radius 1 is 0.911 bits per heavy atom. The Morgan fingerprint density at radius 3 is 2.04 bits per heavy atom. The van der Waals surface area contributed by atoms with Gasteiger partial charge in [0.2, 0.25) is 5.79 Å². The number of H-pyrrole nitrogens is 1. The number of aliphatic hydroxyl groups is 1. The number of nitrogens with zero attached hydrogens (tertiary/aromatic N) is 1. The maximum absolute atomic E-state index is 13.0. The van der Waals surface area contributed by atoms with E-state index in [1.165, 1.54) is 17.9 Å². The smallest absolute Gasteiger partial charge is 0.330 e. The monoisotopic (exact) mass is 616 g/mol. The number of nitrogens with one attached hydrogen (secondary N) is 1. The van der Waals surface area contributed by atoms with Crippen LogP contribution in [0.15, 0.2) is 94.6 Å². The topological polar surface area (TPSA) is 130 Å². The fourth-order valence-corrected chi connectivity index (χ4v) is 6.48. The minimum atomic E-state index is -1.74. The van der Waals surface area contributed by atoms with Crippen LogP contribution in [0.1, 0.15) is 34.9 Å². The summed E-state index contributed by atoms with van der Waals surface area (Å²) in [7, 11) is 4.60. The number of methoxy groups -OCH3 is 3. The minimum Gasteiger partial charge on any atom is -0.497 e. The van der Waals surface area contributed by atoms with Gasteiger partial charge in [0.1, 0.15) is 23.2 Å². The lowest BCUT2D eigenvalue weighted by atomic mass is 9.79. The van der Waals surface area contributed by atoms with E-state index in [1.54, 1.807) is 21.1 Å². The number of ether oxygens (including phenoxy) is 6. The fourth-order valence-electron chi connectivity index (χ4n) is 6.48. The molecule has 11 nitrogen and oxygen atoms in total. The summed E-state index contributed by atoms with van der Waals surface area (Å²) in [4.78, 5) is 27.4. The average molecular weight is 617 g/mol. The quantitative estimate of drug-likeness (QED) is 0.258. The van der Waals surface area contributed by atoms with E-state index in [2.05, 4.69) is 4.98 Å². The van der Waals surface area contributed by atoms with E-state index >= 15 is 0 Å². The summed E-state index contributed by atoms with van der Waals surface area (Å²) in [5, 5.41) is 12.3. The summed E-state index contributed by atoms with van der Waals surface area (Å²) in [6, 6.07) is 24.9. The molecule has 2 saturated heterocycles. The lowest BCUT2D eigenvalue weighted by molar-refractivity contribution is -0.284. The number of fused-ring (bicyclic) bond motifs is 1. The van der Waals surface area contributed by atoms with Crippen molar-refractivity contribution < 1.29 is 33.5 Å². The highest BCUT2D eigenvalue weighted by molar-refractivity contribution is 5.49. The largest absolute Gasteiger partial charge is 0.497 e. The van der Waals surface area contributed by atoms with Crippen molar-refractivity contribution >= 4 is 0 Å². The third-order valence-electron chi connectivity index (χ3n) is 8.88. The van der Waals surface area contributed by atoms with E-state index in [9.17, 15) is 14.7 Å². The Bertz CT molecular complexity index is 1710. The molecular weight excluding hydrogens is 580 g/mol. The molecule has 2 aliphatic heterocycles. The Balaban J connectivity index is 1.47. The van der Waals surface area contributed by atoms with Crippen LogP contribution in [-0.4, -0.2) is 66.7 Å². The summed E-state index contributed by atoms with van der Waals surface area (Å²) in [6.07, 6.45) is -0.698. The van der Waals surface area contributed by atoms with Crippen molar-refractivity contribution in [3.8, 4) is 11.5 Å². The fraction of sp³-hybridized carbons (Fsp3) is 0.353. The number of hydrogen-bond acceptors (Lipinski definition) is 9. The number of aromatic amines is 1. The van der Waals surface area contributed by atoms with Gasteiger partial charge < -0.3 is 33.5 Å². The molecule has 0 saturated carbocycles. The second kappa shape index (κ2) is 11.9. The van der Waals surface area contributed by atoms with Crippen molar-refractivity contribution in [3.05, 3.63) is 128 Å². The lowest BCUT2D eigenvalue weighted by Gasteiger charge is -2.39. The Kier molecular flexibility index (Phi) is 8.14. The summed E-state index contributed by atoms with van der Waals surface area (Å²) in [5.41, 5.74) is -1.42. The molecule has 4 atom stereocenters. The molecule has 0 unspecified atom stereocenters. The molecule has 3 aromatic carbocycles. The van der Waals surface area contributed by atoms with Gasteiger partial charge in [-0.3, -0.25) is 14.3 Å². The zero-order valence-electron chi connectivity index (χ0n) is 25.5. The normalized spacial score (nSPS) is 24.4. The summed E-state index contributed by atoms with van der Waals surface area (Å²) >= 11 is 0. The van der Waals surface area contributed by atoms with Crippen LogP contribution in [0.4, 0.5) is 0 Å². The van der Waals surface area contributed by atoms with Gasteiger partial charge >= 0.3 is 5.69 Å². The number of aryl methyl sites for hydroxylation is 1. The molecule has 6 rings (SSSR count). The molecule has 2 N–H and O–H groups in total. The van der Waals surface area contributed by atoms with Crippen molar-refractivity contribution in [1.82, 2.24) is 9.55 Å². The van der Waals surface area contributed by atoms with Crippen LogP contribution in [0.25, 0.3) is 0 Å². The molecule has 0 spiro atoms. The van der Waals surface area contributed by atoms with Crippen LogP contribution < -0.4 is 20.7 Å². The third kappa shape index (κ3) is 4.88. The molecule has 4 aromatic rings. The van der Waals surface area contributed by atoms with E-state index in [0.29, 0.717) is 11.5 Å². The summed E-state index contributed by atoms with van der Waals surface area (Å²) in [6.45, 7) is 1.59. The average Bonchev–Trinajstić information content (AvgIpc) is 3.54. The van der Waals surface area contributed by atoms with Crippen LogP contribution in [0.3, 0.4) is 0 Å². The highest BCUT2D eigenvalue weighted by atomic mass is 16.8. The Hall–Kier alpha value is -4.26. The molecule has 1 aromatic heterocycles. The van der Waals surface area contributed by atoms with Crippen molar-refractivity contribution in [2.45, 2.75) is 42.7 Å². The van der Waals surface area contributed by atoms with E-state index in [4.69, 9.17) is 28.4 Å². The SMILES string of the molecule is COc1ccc(C(OC[C@H]2O[C@@H](n3cc(C)c(=O)[nH]c3=O)[C@@]3(OC)OCC[C@@]23O)(c2ccccc2)c2ccc(OC)cc2)cc1. The molecular formula is C34H36N2O9. The molecule has 2 fully saturated rings. The first-order valence-corrected chi connectivity index (χ1v) is 14.6. The highest BCUT2D eigenvalue weighted by Gasteiger charge is 2.72. The van der Waals surface area contributed by atoms with E-state index in [1.807, 2.05) is 78.9 Å². The van der Waals surface area contributed by atoms with Gasteiger partial charge in [-0.15, -0.1) is 0 Å². The third-order valence-corrected chi connectivity index (χ3v) is 8.88. The van der Waals surface area contributed by atoms with Gasteiger partial charge in [0.15, 0.2) is 11.8 Å². The minimum absolute atomic E-state index is 0.133. The lowest BCUT2D eigenvalue weighted by Crippen LogP contribution is -2.58. The number of hydrogen-bond donors (Lipinski definition) is 2. The standard InChI is InChI=1S/C34H36N2O9/c1-22-20-36(31(38)35-29(22)37)30-34(42-4)32(39,18-19-43-34)28(45-30)21-44-33(23-8-6-5-7-9-23,24-10-14-26(40-2)15-11-24)25-12-16-27(41-3)17-13-25/h5-17,20,28,30,39H,18-19,21H2,1-4H3,(H,35,37,38)/t28-,30-,32-,34-/m1/s1. The predicted molar refractivity (Wildman–Crippen MR) is 163 cm³/mol. The molecule has 2 aliphatic rings. The van der Waals surface area contributed by atoms with Crippen LogP contribution in [-0.2, 0) is 24.5 Å². The van der Waals surface area contributed by atoms with Gasteiger partial charge in [0, 0.05) is 25.3 Å². The molecule has 11 heteroatoms. The van der Waals surface area contributed by atoms with Crippen LogP contribution in [0.2, 0.25) is 0 Å². The van der Waals surface area contributed by atoms with Crippen molar-refractivity contribution in [3.63, 3.8) is 0 Å².